The van der Waals surface area contributed by atoms with Crippen LogP contribution >= 0.6 is 0 Å². The molecule has 0 aliphatic carbocycles. The summed E-state index contributed by atoms with van der Waals surface area (Å²) in [7, 11) is 0. The molecule has 1 amide bonds. The molecular weight excluding hydrogens is 282 g/mol. The number of hydrogen-bond acceptors (Lipinski definition) is 5. The van der Waals surface area contributed by atoms with E-state index in [1.165, 1.54) is 0 Å². The molecule has 3 unspecified atom stereocenters. The SMILES string of the molecule is CC(OCC1CCCO1)C(=O)N1CCC(N2CCNCC2)C1. The molecule has 3 aliphatic rings. The molecule has 3 fully saturated rings. The second-order valence-electron chi connectivity index (χ2n) is 6.62. The minimum atomic E-state index is -0.356. The van der Waals surface area contributed by atoms with E-state index in [0.717, 1.165) is 65.1 Å². The summed E-state index contributed by atoms with van der Waals surface area (Å²) in [5.41, 5.74) is 0. The lowest BCUT2D eigenvalue weighted by Crippen LogP contribution is -2.49. The molecule has 22 heavy (non-hydrogen) atoms. The zero-order valence-corrected chi connectivity index (χ0v) is 13.6. The van der Waals surface area contributed by atoms with Gasteiger partial charge in [-0.2, -0.15) is 0 Å². The number of likely N-dealkylation sites (tertiary alicyclic amines) is 1. The molecule has 0 bridgehead atoms. The van der Waals surface area contributed by atoms with Crippen molar-refractivity contribution in [1.29, 1.82) is 0 Å². The summed E-state index contributed by atoms with van der Waals surface area (Å²) in [5, 5.41) is 3.38. The zero-order chi connectivity index (χ0) is 15.4. The first-order valence-electron chi connectivity index (χ1n) is 8.71. The topological polar surface area (TPSA) is 54.0 Å². The van der Waals surface area contributed by atoms with Crippen molar-refractivity contribution in [3.63, 3.8) is 0 Å². The van der Waals surface area contributed by atoms with Gasteiger partial charge in [0.1, 0.15) is 6.10 Å². The predicted octanol–water partition coefficient (Wildman–Crippen LogP) is 0.0766. The van der Waals surface area contributed by atoms with Crippen molar-refractivity contribution in [1.82, 2.24) is 15.1 Å². The molecule has 1 N–H and O–H groups in total. The normalized spacial score (nSPS) is 31.6. The fourth-order valence-electron chi connectivity index (χ4n) is 3.64. The average Bonchev–Trinajstić information content (AvgIpc) is 3.24. The third kappa shape index (κ3) is 3.98. The van der Waals surface area contributed by atoms with Gasteiger partial charge in [-0.15, -0.1) is 0 Å². The van der Waals surface area contributed by atoms with E-state index in [-0.39, 0.29) is 18.1 Å². The fraction of sp³-hybridized carbons (Fsp3) is 0.938. The van der Waals surface area contributed by atoms with Crippen molar-refractivity contribution < 1.29 is 14.3 Å². The van der Waals surface area contributed by atoms with E-state index in [9.17, 15) is 4.79 Å². The average molecular weight is 311 g/mol. The number of carbonyl (C=O) groups is 1. The Hall–Kier alpha value is -0.690. The number of nitrogens with zero attached hydrogens (tertiary/aromatic N) is 2. The lowest BCUT2D eigenvalue weighted by atomic mass is 10.2. The van der Waals surface area contributed by atoms with Gasteiger partial charge in [-0.1, -0.05) is 0 Å². The Morgan fingerprint density at radius 2 is 2.14 bits per heavy atom. The standard InChI is InChI=1S/C16H29N3O3/c1-13(22-12-15-3-2-10-21-15)16(20)19-7-4-14(11-19)18-8-5-17-6-9-18/h13-15,17H,2-12H2,1H3. The van der Waals surface area contributed by atoms with E-state index in [1.54, 1.807) is 0 Å². The lowest BCUT2D eigenvalue weighted by Gasteiger charge is -2.32. The smallest absolute Gasteiger partial charge is 0.251 e. The van der Waals surface area contributed by atoms with E-state index >= 15 is 0 Å². The van der Waals surface area contributed by atoms with E-state index in [0.29, 0.717) is 12.6 Å². The Labute approximate surface area is 133 Å². The Morgan fingerprint density at radius 3 is 2.86 bits per heavy atom. The van der Waals surface area contributed by atoms with Crippen molar-refractivity contribution in [2.45, 2.75) is 44.4 Å². The minimum absolute atomic E-state index is 0.135. The van der Waals surface area contributed by atoms with Crippen LogP contribution in [0.1, 0.15) is 26.2 Å². The summed E-state index contributed by atoms with van der Waals surface area (Å²) < 4.78 is 11.3. The second kappa shape index (κ2) is 7.73. The molecule has 6 nitrogen and oxygen atoms in total. The molecule has 0 saturated carbocycles. The fourth-order valence-corrected chi connectivity index (χ4v) is 3.64. The molecule has 0 aromatic carbocycles. The molecule has 0 aromatic heterocycles. The Kier molecular flexibility index (Phi) is 5.68. The van der Waals surface area contributed by atoms with Crippen molar-refractivity contribution >= 4 is 5.91 Å². The number of carbonyl (C=O) groups excluding carboxylic acids is 1. The van der Waals surface area contributed by atoms with E-state index in [4.69, 9.17) is 9.47 Å². The van der Waals surface area contributed by atoms with Gasteiger partial charge >= 0.3 is 0 Å². The molecule has 0 radical (unpaired) electrons. The van der Waals surface area contributed by atoms with Gasteiger partial charge in [0.05, 0.1) is 12.7 Å². The molecule has 3 saturated heterocycles. The minimum Gasteiger partial charge on any atom is -0.376 e. The number of rotatable bonds is 5. The maximum atomic E-state index is 12.5. The number of piperazine rings is 1. The van der Waals surface area contributed by atoms with E-state index in [2.05, 4.69) is 10.2 Å². The van der Waals surface area contributed by atoms with Crippen molar-refractivity contribution in [2.75, 3.05) is 52.5 Å². The highest BCUT2D eigenvalue weighted by Crippen LogP contribution is 2.18. The number of ether oxygens (including phenoxy) is 2. The van der Waals surface area contributed by atoms with Crippen LogP contribution in [0.5, 0.6) is 0 Å². The molecular formula is C16H29N3O3. The zero-order valence-electron chi connectivity index (χ0n) is 13.6. The number of amides is 1. The highest BCUT2D eigenvalue weighted by Gasteiger charge is 2.33. The quantitative estimate of drug-likeness (QED) is 0.779. The van der Waals surface area contributed by atoms with Gasteiger partial charge in [-0.25, -0.2) is 0 Å². The van der Waals surface area contributed by atoms with Crippen molar-refractivity contribution in [2.24, 2.45) is 0 Å². The largest absolute Gasteiger partial charge is 0.376 e. The molecule has 0 aromatic rings. The predicted molar refractivity (Wildman–Crippen MR) is 83.8 cm³/mol. The third-order valence-corrected chi connectivity index (χ3v) is 5.05. The van der Waals surface area contributed by atoms with Gasteiger partial charge in [0.25, 0.3) is 5.91 Å². The molecule has 3 aliphatic heterocycles. The summed E-state index contributed by atoms with van der Waals surface area (Å²) >= 11 is 0. The summed E-state index contributed by atoms with van der Waals surface area (Å²) in [6.07, 6.45) is 3.07. The summed E-state index contributed by atoms with van der Waals surface area (Å²) in [6, 6.07) is 0.524. The van der Waals surface area contributed by atoms with Crippen molar-refractivity contribution in [3.05, 3.63) is 0 Å². The van der Waals surface area contributed by atoms with Crippen molar-refractivity contribution in [3.8, 4) is 0 Å². The molecule has 3 heterocycles. The van der Waals surface area contributed by atoms with Crippen LogP contribution in [0.4, 0.5) is 0 Å². The van der Waals surface area contributed by atoms with Gasteiger partial charge in [0, 0.05) is 51.9 Å². The van der Waals surface area contributed by atoms with Crippen LogP contribution in [0, 0.1) is 0 Å². The van der Waals surface area contributed by atoms with Crippen LogP contribution in [0.2, 0.25) is 0 Å². The first kappa shape index (κ1) is 16.2. The maximum absolute atomic E-state index is 12.5. The van der Waals surface area contributed by atoms with Crippen LogP contribution in [-0.2, 0) is 14.3 Å². The molecule has 3 rings (SSSR count). The van der Waals surface area contributed by atoms with Gasteiger partial charge in [-0.3, -0.25) is 9.69 Å². The third-order valence-electron chi connectivity index (χ3n) is 5.05. The summed E-state index contributed by atoms with van der Waals surface area (Å²) in [5.74, 6) is 0.135. The van der Waals surface area contributed by atoms with Gasteiger partial charge in [0.15, 0.2) is 0 Å². The van der Waals surface area contributed by atoms with Gasteiger partial charge in [0.2, 0.25) is 0 Å². The first-order valence-corrected chi connectivity index (χ1v) is 8.71. The first-order chi connectivity index (χ1) is 10.7. The second-order valence-corrected chi connectivity index (χ2v) is 6.62. The monoisotopic (exact) mass is 311 g/mol. The van der Waals surface area contributed by atoms with Crippen LogP contribution in [0.25, 0.3) is 0 Å². The van der Waals surface area contributed by atoms with Crippen LogP contribution in [-0.4, -0.2) is 86.4 Å². The van der Waals surface area contributed by atoms with E-state index in [1.807, 2.05) is 11.8 Å². The Morgan fingerprint density at radius 1 is 1.32 bits per heavy atom. The maximum Gasteiger partial charge on any atom is 0.251 e. The Bertz CT molecular complexity index is 368. The molecule has 126 valence electrons. The van der Waals surface area contributed by atoms with Gasteiger partial charge in [-0.05, 0) is 26.2 Å². The molecule has 3 atom stereocenters. The number of nitrogens with one attached hydrogen (secondary N) is 1. The van der Waals surface area contributed by atoms with Crippen LogP contribution in [0.15, 0.2) is 0 Å². The van der Waals surface area contributed by atoms with E-state index < -0.39 is 0 Å². The van der Waals surface area contributed by atoms with Crippen LogP contribution in [0.3, 0.4) is 0 Å². The van der Waals surface area contributed by atoms with Crippen LogP contribution < -0.4 is 5.32 Å². The highest BCUT2D eigenvalue weighted by molar-refractivity contribution is 5.80. The Balaban J connectivity index is 1.41. The molecule has 0 spiro atoms. The lowest BCUT2D eigenvalue weighted by molar-refractivity contribution is -0.143. The highest BCUT2D eigenvalue weighted by atomic mass is 16.5. The summed E-state index contributed by atoms with van der Waals surface area (Å²) in [4.78, 5) is 17.0. The summed E-state index contributed by atoms with van der Waals surface area (Å²) in [6.45, 7) is 9.27. The van der Waals surface area contributed by atoms with Gasteiger partial charge < -0.3 is 19.7 Å². The molecule has 6 heteroatoms. The number of hydrogen-bond donors (Lipinski definition) is 1.